The molecule has 0 aliphatic heterocycles. The number of amides is 1. The van der Waals surface area contributed by atoms with Crippen LogP contribution in [0, 0.1) is 6.92 Å². The molecule has 25 heavy (non-hydrogen) atoms. The normalized spacial score (nSPS) is 11.6. The molecule has 2 aromatic heterocycles. The zero-order valence-corrected chi connectivity index (χ0v) is 14.0. The number of nitrogens with zero attached hydrogens (tertiary/aromatic N) is 2. The molecule has 4 aromatic rings. The molecule has 0 bridgehead atoms. The number of hydrogen-bond acceptors (Lipinski definition) is 3. The Morgan fingerprint density at radius 1 is 1.16 bits per heavy atom. The first-order chi connectivity index (χ1) is 12.1. The van der Waals surface area contributed by atoms with Gasteiger partial charge in [-0.05, 0) is 25.1 Å². The third kappa shape index (κ3) is 2.59. The summed E-state index contributed by atoms with van der Waals surface area (Å²) in [6.45, 7) is 2.03. The van der Waals surface area contributed by atoms with Crippen molar-refractivity contribution in [3.8, 4) is 0 Å². The van der Waals surface area contributed by atoms with Gasteiger partial charge in [0.05, 0.1) is 6.21 Å². The van der Waals surface area contributed by atoms with Crippen LogP contribution < -0.4 is 5.43 Å². The number of rotatable bonds is 3. The van der Waals surface area contributed by atoms with E-state index in [1.165, 1.54) is 0 Å². The number of para-hydroxylation sites is 2. The van der Waals surface area contributed by atoms with Crippen molar-refractivity contribution in [3.05, 3.63) is 71.6 Å². The number of aromatic nitrogens is 1. The zero-order valence-electron chi connectivity index (χ0n) is 14.0. The number of hydrogen-bond donors (Lipinski definition) is 1. The van der Waals surface area contributed by atoms with Gasteiger partial charge < -0.3 is 8.98 Å². The van der Waals surface area contributed by atoms with Gasteiger partial charge in [0.15, 0.2) is 5.76 Å². The molecule has 0 saturated carbocycles. The highest BCUT2D eigenvalue weighted by Crippen LogP contribution is 2.23. The number of hydrazone groups is 1. The Morgan fingerprint density at radius 3 is 2.76 bits per heavy atom. The van der Waals surface area contributed by atoms with Crippen molar-refractivity contribution in [2.75, 3.05) is 0 Å². The fourth-order valence-corrected chi connectivity index (χ4v) is 3.02. The second kappa shape index (κ2) is 5.94. The van der Waals surface area contributed by atoms with Crippen LogP contribution in [0.4, 0.5) is 0 Å². The summed E-state index contributed by atoms with van der Waals surface area (Å²) in [4.78, 5) is 12.2. The summed E-state index contributed by atoms with van der Waals surface area (Å²) < 4.78 is 7.65. The first kappa shape index (κ1) is 15.2. The molecule has 1 amide bonds. The molecule has 0 aliphatic carbocycles. The van der Waals surface area contributed by atoms with E-state index in [2.05, 4.69) is 21.2 Å². The first-order valence-electron chi connectivity index (χ1n) is 8.01. The number of furan rings is 1. The van der Waals surface area contributed by atoms with E-state index in [0.29, 0.717) is 5.58 Å². The number of carbonyl (C=O) groups excluding carboxylic acids is 1. The van der Waals surface area contributed by atoms with Crippen LogP contribution in [0.25, 0.3) is 21.9 Å². The van der Waals surface area contributed by atoms with Crippen molar-refractivity contribution in [3.63, 3.8) is 0 Å². The first-order valence-corrected chi connectivity index (χ1v) is 8.01. The Hall–Kier alpha value is -3.34. The summed E-state index contributed by atoms with van der Waals surface area (Å²) >= 11 is 0. The quantitative estimate of drug-likeness (QED) is 0.456. The van der Waals surface area contributed by atoms with Crippen LogP contribution in [0.3, 0.4) is 0 Å². The lowest BCUT2D eigenvalue weighted by atomic mass is 10.1. The SMILES string of the molecule is Cc1c(/C=N/NC(=O)c2cc3ccccc3o2)c2ccccc2n1C. The van der Waals surface area contributed by atoms with Gasteiger partial charge in [0.1, 0.15) is 5.58 Å². The lowest BCUT2D eigenvalue weighted by molar-refractivity contribution is 0.0929. The summed E-state index contributed by atoms with van der Waals surface area (Å²) in [5.74, 6) is -0.127. The van der Waals surface area contributed by atoms with Crippen molar-refractivity contribution in [1.29, 1.82) is 0 Å². The maximum Gasteiger partial charge on any atom is 0.307 e. The molecule has 0 fully saturated rings. The lowest BCUT2D eigenvalue weighted by Crippen LogP contribution is -2.16. The molecule has 0 saturated heterocycles. The van der Waals surface area contributed by atoms with E-state index in [0.717, 1.165) is 27.5 Å². The molecule has 2 heterocycles. The molecule has 0 aliphatic rings. The van der Waals surface area contributed by atoms with E-state index < -0.39 is 0 Å². The molecular weight excluding hydrogens is 314 g/mol. The highest BCUT2D eigenvalue weighted by molar-refractivity contribution is 6.02. The number of aryl methyl sites for hydroxylation is 1. The smallest absolute Gasteiger partial charge is 0.307 e. The minimum absolute atomic E-state index is 0.244. The van der Waals surface area contributed by atoms with Crippen LogP contribution in [0.15, 0.2) is 64.1 Å². The predicted molar refractivity (Wildman–Crippen MR) is 98.9 cm³/mol. The van der Waals surface area contributed by atoms with Gasteiger partial charge in [0.25, 0.3) is 0 Å². The van der Waals surface area contributed by atoms with Gasteiger partial charge in [-0.2, -0.15) is 5.10 Å². The molecule has 5 heteroatoms. The van der Waals surface area contributed by atoms with Gasteiger partial charge in [0.2, 0.25) is 0 Å². The van der Waals surface area contributed by atoms with Crippen LogP contribution in [0.2, 0.25) is 0 Å². The average Bonchev–Trinajstić information content (AvgIpc) is 3.17. The van der Waals surface area contributed by atoms with Gasteiger partial charge in [-0.3, -0.25) is 4.79 Å². The summed E-state index contributed by atoms with van der Waals surface area (Å²) in [7, 11) is 2.02. The van der Waals surface area contributed by atoms with E-state index in [1.54, 1.807) is 12.3 Å². The van der Waals surface area contributed by atoms with E-state index >= 15 is 0 Å². The second-order valence-electron chi connectivity index (χ2n) is 5.92. The number of fused-ring (bicyclic) bond motifs is 2. The number of benzene rings is 2. The molecule has 0 unspecified atom stereocenters. The van der Waals surface area contributed by atoms with Gasteiger partial charge in [-0.15, -0.1) is 0 Å². The van der Waals surface area contributed by atoms with Gasteiger partial charge >= 0.3 is 5.91 Å². The van der Waals surface area contributed by atoms with Crippen molar-refractivity contribution in [2.24, 2.45) is 12.1 Å². The Bertz CT molecular complexity index is 1090. The number of nitrogens with one attached hydrogen (secondary N) is 1. The fraction of sp³-hybridized carbons (Fsp3) is 0.100. The molecule has 0 radical (unpaired) electrons. The molecule has 5 nitrogen and oxygen atoms in total. The third-order valence-electron chi connectivity index (χ3n) is 4.46. The van der Waals surface area contributed by atoms with E-state index in [4.69, 9.17) is 4.42 Å². The molecule has 2 aromatic carbocycles. The van der Waals surface area contributed by atoms with E-state index in [9.17, 15) is 4.79 Å². The van der Waals surface area contributed by atoms with Crippen LogP contribution in [-0.4, -0.2) is 16.7 Å². The van der Waals surface area contributed by atoms with Gasteiger partial charge in [0, 0.05) is 34.6 Å². The van der Waals surface area contributed by atoms with Crippen molar-refractivity contribution in [1.82, 2.24) is 9.99 Å². The van der Waals surface area contributed by atoms with Crippen molar-refractivity contribution >= 4 is 34.0 Å². The Balaban J connectivity index is 1.59. The molecule has 124 valence electrons. The van der Waals surface area contributed by atoms with E-state index in [-0.39, 0.29) is 11.7 Å². The Kier molecular flexibility index (Phi) is 3.61. The third-order valence-corrected chi connectivity index (χ3v) is 4.46. The standard InChI is InChI=1S/C20H17N3O2/c1-13-16(15-8-4-5-9-17(15)23(13)2)12-21-22-20(24)19-11-14-7-3-6-10-18(14)25-19/h3-12H,1-2H3,(H,22,24)/b21-12+. The molecule has 4 rings (SSSR count). The number of carbonyl (C=O) groups is 1. The summed E-state index contributed by atoms with van der Waals surface area (Å²) in [6.07, 6.45) is 1.68. The van der Waals surface area contributed by atoms with Crippen molar-refractivity contribution < 1.29 is 9.21 Å². The summed E-state index contributed by atoms with van der Waals surface area (Å²) in [5, 5.41) is 6.11. The van der Waals surface area contributed by atoms with Crippen LogP contribution in [-0.2, 0) is 7.05 Å². The minimum Gasteiger partial charge on any atom is -0.451 e. The molecular formula is C20H17N3O2. The largest absolute Gasteiger partial charge is 0.451 e. The van der Waals surface area contributed by atoms with Crippen LogP contribution in [0.5, 0.6) is 0 Å². The highest BCUT2D eigenvalue weighted by Gasteiger charge is 2.12. The minimum atomic E-state index is -0.370. The maximum atomic E-state index is 12.2. The second-order valence-corrected chi connectivity index (χ2v) is 5.92. The fourth-order valence-electron chi connectivity index (χ4n) is 3.02. The molecule has 1 N–H and O–H groups in total. The summed E-state index contributed by atoms with van der Waals surface area (Å²) in [6, 6.07) is 17.3. The van der Waals surface area contributed by atoms with Gasteiger partial charge in [-0.1, -0.05) is 36.4 Å². The maximum absolute atomic E-state index is 12.2. The monoisotopic (exact) mass is 331 g/mol. The summed E-state index contributed by atoms with van der Waals surface area (Å²) in [5.41, 5.74) is 6.42. The predicted octanol–water partition coefficient (Wildman–Crippen LogP) is 4.00. The molecule has 0 atom stereocenters. The van der Waals surface area contributed by atoms with Crippen LogP contribution >= 0.6 is 0 Å². The van der Waals surface area contributed by atoms with Crippen LogP contribution in [0.1, 0.15) is 21.8 Å². The molecule has 0 spiro atoms. The Morgan fingerprint density at radius 2 is 1.92 bits per heavy atom. The van der Waals surface area contributed by atoms with E-state index in [1.807, 2.05) is 56.4 Å². The Labute approximate surface area is 144 Å². The lowest BCUT2D eigenvalue weighted by Gasteiger charge is -1.98. The van der Waals surface area contributed by atoms with Crippen molar-refractivity contribution in [2.45, 2.75) is 6.92 Å². The highest BCUT2D eigenvalue weighted by atomic mass is 16.3. The van der Waals surface area contributed by atoms with Gasteiger partial charge in [-0.25, -0.2) is 5.43 Å². The average molecular weight is 331 g/mol. The zero-order chi connectivity index (χ0) is 17.4. The topological polar surface area (TPSA) is 59.5 Å².